The minimum Gasteiger partial charge on any atom is -0.369 e. The lowest BCUT2D eigenvalue weighted by molar-refractivity contribution is 0.618. The lowest BCUT2D eigenvalue weighted by Crippen LogP contribution is -2.19. The number of anilines is 1. The van der Waals surface area contributed by atoms with Gasteiger partial charge in [0.2, 0.25) is 0 Å². The zero-order chi connectivity index (χ0) is 13.9. The average molecular weight is 291 g/mol. The molecule has 2 aromatic rings. The molecule has 3 rings (SSSR count). The first-order valence-electron chi connectivity index (χ1n) is 6.82. The molecule has 0 bridgehead atoms. The lowest BCUT2D eigenvalue weighted by Gasteiger charge is -2.19. The smallest absolute Gasteiger partial charge is 0.125 e. The van der Waals surface area contributed by atoms with E-state index >= 15 is 0 Å². The Balaban J connectivity index is 1.70. The van der Waals surface area contributed by atoms with Gasteiger partial charge >= 0.3 is 0 Å². The molecule has 1 saturated carbocycles. The molecule has 0 atom stereocenters. The Kier molecular flexibility index (Phi) is 3.98. The maximum absolute atomic E-state index is 13.7. The van der Waals surface area contributed by atoms with Gasteiger partial charge in [-0.3, -0.25) is 0 Å². The standard InChI is InChI=1S/C15H18FN3S/c1-19(8-14-9-20-10-18-14)15-5-11(4-12(16)6-15)7-17-13-2-3-13/h4-6,9-10,13,17H,2-3,7-8H2,1H3. The molecule has 1 fully saturated rings. The molecule has 0 radical (unpaired) electrons. The van der Waals surface area contributed by atoms with Crippen LogP contribution < -0.4 is 10.2 Å². The Bertz CT molecular complexity index is 567. The maximum Gasteiger partial charge on any atom is 0.125 e. The molecule has 3 nitrogen and oxygen atoms in total. The highest BCUT2D eigenvalue weighted by atomic mass is 32.1. The third-order valence-electron chi connectivity index (χ3n) is 3.44. The molecule has 1 aliphatic carbocycles. The summed E-state index contributed by atoms with van der Waals surface area (Å²) in [4.78, 5) is 6.29. The summed E-state index contributed by atoms with van der Waals surface area (Å²) >= 11 is 1.58. The number of halogens is 1. The SMILES string of the molecule is CN(Cc1cscn1)c1cc(F)cc(CNC2CC2)c1. The first kappa shape index (κ1) is 13.5. The number of hydrogen-bond acceptors (Lipinski definition) is 4. The van der Waals surface area contributed by atoms with Crippen molar-refractivity contribution in [2.45, 2.75) is 32.0 Å². The summed E-state index contributed by atoms with van der Waals surface area (Å²) in [5.74, 6) is -0.180. The summed E-state index contributed by atoms with van der Waals surface area (Å²) in [6, 6.07) is 5.86. The summed E-state index contributed by atoms with van der Waals surface area (Å²) in [5, 5.41) is 5.44. The molecule has 0 aliphatic heterocycles. The molecule has 1 aromatic carbocycles. The van der Waals surface area contributed by atoms with Crippen LogP contribution in [0.2, 0.25) is 0 Å². The van der Waals surface area contributed by atoms with Crippen molar-refractivity contribution in [1.29, 1.82) is 0 Å². The van der Waals surface area contributed by atoms with E-state index in [2.05, 4.69) is 10.3 Å². The molecule has 0 spiro atoms. The second-order valence-corrected chi connectivity index (χ2v) is 6.03. The second-order valence-electron chi connectivity index (χ2n) is 5.31. The van der Waals surface area contributed by atoms with Crippen LogP contribution >= 0.6 is 11.3 Å². The van der Waals surface area contributed by atoms with Crippen LogP contribution in [0.3, 0.4) is 0 Å². The fourth-order valence-corrected chi connectivity index (χ4v) is 2.70. The van der Waals surface area contributed by atoms with Crippen molar-refractivity contribution in [2.75, 3.05) is 11.9 Å². The fourth-order valence-electron chi connectivity index (χ4n) is 2.16. The van der Waals surface area contributed by atoms with E-state index in [0.29, 0.717) is 12.6 Å². The van der Waals surface area contributed by atoms with Gasteiger partial charge < -0.3 is 10.2 Å². The van der Waals surface area contributed by atoms with E-state index in [4.69, 9.17) is 0 Å². The first-order chi connectivity index (χ1) is 9.70. The van der Waals surface area contributed by atoms with Crippen molar-refractivity contribution in [3.63, 3.8) is 0 Å². The highest BCUT2D eigenvalue weighted by Crippen LogP contribution is 2.22. The summed E-state index contributed by atoms with van der Waals surface area (Å²) in [6.07, 6.45) is 2.48. The number of thiazole rings is 1. The molecular weight excluding hydrogens is 273 g/mol. The van der Waals surface area contributed by atoms with E-state index < -0.39 is 0 Å². The molecule has 1 aliphatic rings. The molecule has 5 heteroatoms. The molecule has 1 N–H and O–H groups in total. The number of hydrogen-bond donors (Lipinski definition) is 1. The summed E-state index contributed by atoms with van der Waals surface area (Å²) < 4.78 is 13.7. The lowest BCUT2D eigenvalue weighted by atomic mass is 10.1. The number of rotatable bonds is 6. The van der Waals surface area contributed by atoms with E-state index in [1.807, 2.05) is 28.9 Å². The Hall–Kier alpha value is -1.46. The molecule has 106 valence electrons. The van der Waals surface area contributed by atoms with E-state index in [1.54, 1.807) is 23.5 Å². The molecular formula is C15H18FN3S. The third kappa shape index (κ3) is 3.55. The number of aromatic nitrogens is 1. The highest BCUT2D eigenvalue weighted by Gasteiger charge is 2.20. The molecule has 20 heavy (non-hydrogen) atoms. The first-order valence-corrected chi connectivity index (χ1v) is 7.76. The normalized spacial score (nSPS) is 14.5. The molecule has 0 saturated heterocycles. The number of benzene rings is 1. The van der Waals surface area contributed by atoms with Crippen molar-refractivity contribution in [2.24, 2.45) is 0 Å². The van der Waals surface area contributed by atoms with E-state index in [1.165, 1.54) is 12.8 Å². The van der Waals surface area contributed by atoms with Crippen molar-refractivity contribution in [3.05, 3.63) is 46.2 Å². The topological polar surface area (TPSA) is 28.2 Å². The molecule has 0 unspecified atom stereocenters. The largest absolute Gasteiger partial charge is 0.369 e. The Morgan fingerprint density at radius 3 is 2.95 bits per heavy atom. The second kappa shape index (κ2) is 5.89. The Morgan fingerprint density at radius 2 is 2.25 bits per heavy atom. The van der Waals surface area contributed by atoms with E-state index in [0.717, 1.165) is 23.5 Å². The fraction of sp³-hybridized carbons (Fsp3) is 0.400. The van der Waals surface area contributed by atoms with Crippen molar-refractivity contribution in [3.8, 4) is 0 Å². The van der Waals surface area contributed by atoms with Crippen LogP contribution in [0.15, 0.2) is 29.1 Å². The predicted molar refractivity (Wildman–Crippen MR) is 80.5 cm³/mol. The van der Waals surface area contributed by atoms with Crippen molar-refractivity contribution >= 4 is 17.0 Å². The molecule has 1 aromatic heterocycles. The summed E-state index contributed by atoms with van der Waals surface area (Å²) in [7, 11) is 1.96. The zero-order valence-electron chi connectivity index (χ0n) is 11.5. The van der Waals surface area contributed by atoms with E-state index in [-0.39, 0.29) is 5.82 Å². The minimum absolute atomic E-state index is 0.180. The van der Waals surface area contributed by atoms with Crippen LogP contribution in [0.25, 0.3) is 0 Å². The number of nitrogens with one attached hydrogen (secondary N) is 1. The van der Waals surface area contributed by atoms with Gasteiger partial charge in [0.1, 0.15) is 5.82 Å². The van der Waals surface area contributed by atoms with E-state index in [9.17, 15) is 4.39 Å². The van der Waals surface area contributed by atoms with Gasteiger partial charge in [-0.25, -0.2) is 9.37 Å². The summed E-state index contributed by atoms with van der Waals surface area (Å²) in [6.45, 7) is 1.43. The van der Waals surface area contributed by atoms with Crippen LogP contribution in [0, 0.1) is 5.82 Å². The number of nitrogens with zero attached hydrogens (tertiary/aromatic N) is 2. The van der Waals surface area contributed by atoms with Gasteiger partial charge in [-0.1, -0.05) is 0 Å². The van der Waals surface area contributed by atoms with Crippen molar-refractivity contribution in [1.82, 2.24) is 10.3 Å². The van der Waals surface area contributed by atoms with Crippen molar-refractivity contribution < 1.29 is 4.39 Å². The van der Waals surface area contributed by atoms with Gasteiger partial charge in [-0.15, -0.1) is 11.3 Å². The minimum atomic E-state index is -0.180. The molecule has 0 amide bonds. The van der Waals surface area contributed by atoms with Crippen LogP contribution in [-0.4, -0.2) is 18.1 Å². The van der Waals surface area contributed by atoms with Gasteiger partial charge in [0.25, 0.3) is 0 Å². The van der Waals surface area contributed by atoms with Gasteiger partial charge in [0.15, 0.2) is 0 Å². The van der Waals surface area contributed by atoms with Gasteiger partial charge in [0.05, 0.1) is 17.7 Å². The average Bonchev–Trinajstić information content (AvgIpc) is 3.12. The third-order valence-corrected chi connectivity index (χ3v) is 4.07. The van der Waals surface area contributed by atoms with Gasteiger partial charge in [-0.05, 0) is 36.6 Å². The predicted octanol–water partition coefficient (Wildman–Crippen LogP) is 3.17. The maximum atomic E-state index is 13.7. The molecule has 1 heterocycles. The highest BCUT2D eigenvalue weighted by molar-refractivity contribution is 7.07. The summed E-state index contributed by atoms with van der Waals surface area (Å²) in [5.41, 5.74) is 4.72. The quantitative estimate of drug-likeness (QED) is 0.886. The zero-order valence-corrected chi connectivity index (χ0v) is 12.3. The van der Waals surface area contributed by atoms with Gasteiger partial charge in [0, 0.05) is 30.7 Å². The Morgan fingerprint density at radius 1 is 1.40 bits per heavy atom. The van der Waals surface area contributed by atoms with Crippen LogP contribution in [-0.2, 0) is 13.1 Å². The van der Waals surface area contributed by atoms with Crippen LogP contribution in [0.4, 0.5) is 10.1 Å². The monoisotopic (exact) mass is 291 g/mol. The van der Waals surface area contributed by atoms with Crippen LogP contribution in [0.1, 0.15) is 24.1 Å². The Labute approximate surface area is 122 Å². The van der Waals surface area contributed by atoms with Gasteiger partial charge in [-0.2, -0.15) is 0 Å². The van der Waals surface area contributed by atoms with Crippen LogP contribution in [0.5, 0.6) is 0 Å².